The molecule has 2 aliphatic heterocycles. The van der Waals surface area contributed by atoms with Crippen LogP contribution in [0.5, 0.6) is 0 Å². The Kier molecular flexibility index (Phi) is 5.95. The van der Waals surface area contributed by atoms with Gasteiger partial charge < -0.3 is 24.7 Å². The lowest BCUT2D eigenvalue weighted by Gasteiger charge is -2.27. The average molecular weight is 479 g/mol. The molecule has 0 bridgehead atoms. The highest BCUT2D eigenvalue weighted by Gasteiger charge is 2.55. The van der Waals surface area contributed by atoms with Gasteiger partial charge in [0.15, 0.2) is 6.23 Å². The van der Waals surface area contributed by atoms with Crippen LogP contribution in [0.2, 0.25) is 0 Å². The molecule has 2 saturated heterocycles. The Morgan fingerprint density at radius 3 is 2.31 bits per heavy atom. The number of ether oxygens (including phenoxy) is 1. The number of aromatic nitrogens is 2. The number of hydrogen-bond acceptors (Lipinski definition) is 12. The zero-order chi connectivity index (χ0) is 21.8. The molecular formula is C10H16N3O13P3. The third-order valence-electron chi connectivity index (χ3n) is 3.88. The molecule has 0 spiro atoms. The SMILES string of the molecule is Cn1c(=N)ccn([C@@H]2O[C@H](COP3(=O)OP(=O)(O)OP(=O)(O)O3)C(O)[C@@H]2O)c1=O. The summed E-state index contributed by atoms with van der Waals surface area (Å²) >= 11 is 0. The summed E-state index contributed by atoms with van der Waals surface area (Å²) < 4.78 is 58.6. The van der Waals surface area contributed by atoms with Crippen molar-refractivity contribution in [3.8, 4) is 0 Å². The lowest BCUT2D eigenvalue weighted by molar-refractivity contribution is -0.0550. The van der Waals surface area contributed by atoms with Crippen molar-refractivity contribution in [2.45, 2.75) is 24.5 Å². The number of nitrogens with zero attached hydrogens (tertiary/aromatic N) is 2. The maximum atomic E-state index is 12.2. The van der Waals surface area contributed by atoms with E-state index in [4.69, 9.17) is 10.1 Å². The van der Waals surface area contributed by atoms with Crippen molar-refractivity contribution in [1.82, 2.24) is 9.13 Å². The molecule has 0 amide bonds. The molecule has 3 unspecified atom stereocenters. The van der Waals surface area contributed by atoms with Gasteiger partial charge in [-0.15, -0.1) is 0 Å². The van der Waals surface area contributed by atoms with E-state index in [9.17, 15) is 38.5 Å². The summed E-state index contributed by atoms with van der Waals surface area (Å²) in [5, 5.41) is 27.8. The number of aliphatic hydroxyl groups is 2. The van der Waals surface area contributed by atoms with Crippen molar-refractivity contribution < 1.29 is 55.9 Å². The van der Waals surface area contributed by atoms with Gasteiger partial charge in [0.25, 0.3) is 0 Å². The summed E-state index contributed by atoms with van der Waals surface area (Å²) in [7, 11) is -14.3. The van der Waals surface area contributed by atoms with Crippen molar-refractivity contribution in [1.29, 1.82) is 5.41 Å². The fourth-order valence-corrected chi connectivity index (χ4v) is 7.47. The smallest absolute Gasteiger partial charge is 0.387 e. The Balaban J connectivity index is 1.76. The van der Waals surface area contributed by atoms with Crippen molar-refractivity contribution in [3.63, 3.8) is 0 Å². The Bertz CT molecular complexity index is 1040. The van der Waals surface area contributed by atoms with Crippen LogP contribution in [-0.2, 0) is 42.9 Å². The highest BCUT2D eigenvalue weighted by Crippen LogP contribution is 2.80. The van der Waals surface area contributed by atoms with Crippen LogP contribution in [0, 0.1) is 5.41 Å². The van der Waals surface area contributed by atoms with Gasteiger partial charge in [-0.1, -0.05) is 0 Å². The number of nitrogens with one attached hydrogen (secondary N) is 1. The fraction of sp³-hybridized carbons (Fsp3) is 0.600. The van der Waals surface area contributed by atoms with Gasteiger partial charge in [0.05, 0.1) is 6.61 Å². The second kappa shape index (κ2) is 7.61. The van der Waals surface area contributed by atoms with Gasteiger partial charge in [0.1, 0.15) is 23.8 Å². The summed E-state index contributed by atoms with van der Waals surface area (Å²) in [4.78, 5) is 30.6. The Morgan fingerprint density at radius 1 is 1.14 bits per heavy atom. The molecule has 0 aliphatic carbocycles. The maximum absolute atomic E-state index is 12.2. The van der Waals surface area contributed by atoms with Crippen LogP contribution in [0.4, 0.5) is 0 Å². The van der Waals surface area contributed by atoms with Gasteiger partial charge >= 0.3 is 29.2 Å². The summed E-state index contributed by atoms with van der Waals surface area (Å²) in [5.41, 5.74) is -0.880. The molecule has 0 saturated carbocycles. The Labute approximate surface area is 161 Å². The van der Waals surface area contributed by atoms with Crippen LogP contribution in [0.15, 0.2) is 17.1 Å². The first kappa shape index (κ1) is 22.7. The van der Waals surface area contributed by atoms with Crippen LogP contribution in [0.1, 0.15) is 6.23 Å². The standard InChI is InChI=1S/C10H16N3O13P3/c1-12-6(11)2-3-13(10(12)16)9-8(15)7(14)5(23-9)4-22-29(21)25-27(17,18)24-28(19,20)26-29/h2-3,5,7-9,11,14-15H,4H2,1H3,(H,17,18)(H,19,20)/t5-,7?,8+,9-/m1/s1. The third-order valence-corrected chi connectivity index (χ3v) is 9.25. The van der Waals surface area contributed by atoms with E-state index in [2.05, 4.69) is 17.5 Å². The largest absolute Gasteiger partial charge is 0.492 e. The molecule has 5 N–H and O–H groups in total. The Hall–Kier alpha value is -0.990. The normalized spacial score (nSPS) is 42.8. The molecule has 2 fully saturated rings. The number of rotatable bonds is 4. The monoisotopic (exact) mass is 479 g/mol. The van der Waals surface area contributed by atoms with Crippen molar-refractivity contribution in [3.05, 3.63) is 28.2 Å². The number of aliphatic hydroxyl groups excluding tert-OH is 2. The second-order valence-electron chi connectivity index (χ2n) is 5.92. The summed E-state index contributed by atoms with van der Waals surface area (Å²) in [5.74, 6) is 0. The molecule has 6 atom stereocenters. The first-order chi connectivity index (χ1) is 13.2. The molecule has 164 valence electrons. The Morgan fingerprint density at radius 2 is 1.72 bits per heavy atom. The van der Waals surface area contributed by atoms with E-state index >= 15 is 0 Å². The molecule has 0 aromatic carbocycles. The van der Waals surface area contributed by atoms with Crippen LogP contribution in [0.3, 0.4) is 0 Å². The topological polar surface area (TPSA) is 229 Å². The van der Waals surface area contributed by atoms with Crippen LogP contribution < -0.4 is 11.2 Å². The quantitative estimate of drug-likeness (QED) is 0.316. The van der Waals surface area contributed by atoms with E-state index in [1.54, 1.807) is 0 Å². The van der Waals surface area contributed by atoms with Gasteiger partial charge in [0, 0.05) is 13.2 Å². The van der Waals surface area contributed by atoms with Crippen LogP contribution >= 0.6 is 23.5 Å². The van der Waals surface area contributed by atoms with Gasteiger partial charge in [-0.2, -0.15) is 12.9 Å². The van der Waals surface area contributed by atoms with Crippen molar-refractivity contribution >= 4 is 23.5 Å². The van der Waals surface area contributed by atoms with Crippen molar-refractivity contribution in [2.24, 2.45) is 7.05 Å². The average Bonchev–Trinajstić information content (AvgIpc) is 2.83. The molecule has 1 aromatic rings. The minimum Gasteiger partial charge on any atom is -0.387 e. The second-order valence-corrected chi connectivity index (χ2v) is 10.9. The van der Waals surface area contributed by atoms with Gasteiger partial charge in [-0.05, 0) is 6.07 Å². The van der Waals surface area contributed by atoms with E-state index in [1.807, 2.05) is 0 Å². The van der Waals surface area contributed by atoms with Crippen LogP contribution in [0.25, 0.3) is 0 Å². The highest BCUT2D eigenvalue weighted by atomic mass is 31.3. The lowest BCUT2D eigenvalue weighted by atomic mass is 10.1. The van der Waals surface area contributed by atoms with E-state index < -0.39 is 60.3 Å². The molecule has 1 aromatic heterocycles. The molecule has 0 radical (unpaired) electrons. The minimum absolute atomic E-state index is 0.132. The zero-order valence-corrected chi connectivity index (χ0v) is 17.1. The predicted molar refractivity (Wildman–Crippen MR) is 87.9 cm³/mol. The van der Waals surface area contributed by atoms with Gasteiger partial charge in [-0.3, -0.25) is 19.1 Å². The zero-order valence-electron chi connectivity index (χ0n) is 14.4. The van der Waals surface area contributed by atoms with Gasteiger partial charge in [0.2, 0.25) is 0 Å². The molecule has 29 heavy (non-hydrogen) atoms. The van der Waals surface area contributed by atoms with Crippen molar-refractivity contribution in [2.75, 3.05) is 6.61 Å². The molecule has 3 rings (SSSR count). The number of phosphoric acid groups is 3. The van der Waals surface area contributed by atoms with E-state index in [-0.39, 0.29) is 5.49 Å². The molecular weight excluding hydrogens is 463 g/mol. The van der Waals surface area contributed by atoms with E-state index in [1.165, 1.54) is 13.1 Å². The van der Waals surface area contributed by atoms with E-state index in [0.29, 0.717) is 0 Å². The third kappa shape index (κ3) is 4.69. The summed E-state index contributed by atoms with van der Waals surface area (Å²) in [6, 6.07) is 1.23. The maximum Gasteiger partial charge on any atom is 0.492 e. The van der Waals surface area contributed by atoms with Gasteiger partial charge in [-0.25, -0.2) is 18.5 Å². The predicted octanol–water partition coefficient (Wildman–Crippen LogP) is -1.33. The minimum atomic E-state index is -5.24. The molecule has 16 nitrogen and oxygen atoms in total. The molecule has 2 aliphatic rings. The first-order valence-electron chi connectivity index (χ1n) is 7.62. The first-order valence-corrected chi connectivity index (χ1v) is 12.1. The summed E-state index contributed by atoms with van der Waals surface area (Å²) in [6.45, 7) is -0.899. The highest BCUT2D eigenvalue weighted by molar-refractivity contribution is 7.74. The van der Waals surface area contributed by atoms with E-state index in [0.717, 1.165) is 15.3 Å². The lowest BCUT2D eigenvalue weighted by Crippen LogP contribution is -2.41. The number of hydrogen-bond donors (Lipinski definition) is 5. The molecule has 3 heterocycles. The van der Waals surface area contributed by atoms with Crippen LogP contribution in [-0.4, -0.2) is 54.1 Å². The molecule has 19 heteroatoms. The fourth-order valence-electron chi connectivity index (χ4n) is 2.53. The summed E-state index contributed by atoms with van der Waals surface area (Å²) in [6.07, 6.45) is -5.10.